The van der Waals surface area contributed by atoms with E-state index in [2.05, 4.69) is 16.0 Å². The second kappa shape index (κ2) is 9.59. The molecule has 1 aliphatic heterocycles. The number of rotatable bonds is 8. The predicted molar refractivity (Wildman–Crippen MR) is 115 cm³/mol. The van der Waals surface area contributed by atoms with Crippen LogP contribution in [0.3, 0.4) is 0 Å². The third-order valence-corrected chi connectivity index (χ3v) is 5.25. The normalized spacial score (nSPS) is 17.8. The first-order valence-electron chi connectivity index (χ1n) is 10.2. The number of nitrogens with one attached hydrogen (secondary N) is 3. The summed E-state index contributed by atoms with van der Waals surface area (Å²) in [6, 6.07) is 12.2. The summed E-state index contributed by atoms with van der Waals surface area (Å²) in [6.07, 6.45) is 0.0915. The van der Waals surface area contributed by atoms with Gasteiger partial charge in [-0.25, -0.2) is 9.18 Å². The van der Waals surface area contributed by atoms with Gasteiger partial charge in [0.2, 0.25) is 11.8 Å². The number of imide groups is 1. The number of hydrogen-bond acceptors (Lipinski definition) is 4. The molecular weight excluding hydrogens is 415 g/mol. The molecule has 32 heavy (non-hydrogen) atoms. The highest BCUT2D eigenvalue weighted by Crippen LogP contribution is 2.28. The van der Waals surface area contributed by atoms with Crippen LogP contribution in [0.25, 0.3) is 0 Å². The molecule has 1 fully saturated rings. The van der Waals surface area contributed by atoms with Crippen LogP contribution in [0, 0.1) is 12.7 Å². The molecule has 2 aromatic carbocycles. The molecule has 168 valence electrons. The fourth-order valence-electron chi connectivity index (χ4n) is 3.38. The van der Waals surface area contributed by atoms with Gasteiger partial charge in [0.05, 0.1) is 6.42 Å². The highest BCUT2D eigenvalue weighted by Gasteiger charge is 2.49. The first kappa shape index (κ1) is 22.9. The lowest BCUT2D eigenvalue weighted by atomic mass is 9.91. The summed E-state index contributed by atoms with van der Waals surface area (Å²) in [5, 5.41) is 7.88. The van der Waals surface area contributed by atoms with Crippen molar-refractivity contribution in [3.8, 4) is 0 Å². The van der Waals surface area contributed by atoms with E-state index in [0.29, 0.717) is 11.1 Å². The van der Waals surface area contributed by atoms with E-state index in [-0.39, 0.29) is 31.2 Å². The van der Waals surface area contributed by atoms with Crippen molar-refractivity contribution < 1.29 is 23.6 Å². The maximum atomic E-state index is 12.9. The zero-order valence-corrected chi connectivity index (χ0v) is 17.9. The minimum Gasteiger partial charge on any atom is -0.354 e. The zero-order valence-electron chi connectivity index (χ0n) is 17.9. The van der Waals surface area contributed by atoms with Crippen molar-refractivity contribution in [3.63, 3.8) is 0 Å². The number of carbonyl (C=O) groups excluding carboxylic acids is 4. The first-order chi connectivity index (χ1) is 15.2. The van der Waals surface area contributed by atoms with Crippen LogP contribution in [0.4, 0.5) is 9.18 Å². The number of carbonyl (C=O) groups is 4. The molecule has 1 heterocycles. The van der Waals surface area contributed by atoms with E-state index >= 15 is 0 Å². The number of amides is 5. The van der Waals surface area contributed by atoms with E-state index in [1.54, 1.807) is 19.1 Å². The van der Waals surface area contributed by atoms with Crippen LogP contribution in [-0.4, -0.2) is 48.3 Å². The molecule has 1 saturated heterocycles. The van der Waals surface area contributed by atoms with Gasteiger partial charge in [0.15, 0.2) is 0 Å². The molecule has 1 aliphatic rings. The van der Waals surface area contributed by atoms with Gasteiger partial charge in [-0.15, -0.1) is 0 Å². The number of benzene rings is 2. The van der Waals surface area contributed by atoms with Crippen molar-refractivity contribution in [1.82, 2.24) is 20.9 Å². The molecule has 0 bridgehead atoms. The maximum Gasteiger partial charge on any atom is 0.325 e. The van der Waals surface area contributed by atoms with E-state index in [4.69, 9.17) is 0 Å². The lowest BCUT2D eigenvalue weighted by Gasteiger charge is -2.22. The lowest BCUT2D eigenvalue weighted by Crippen LogP contribution is -2.44. The lowest BCUT2D eigenvalue weighted by molar-refractivity contribution is -0.134. The SMILES string of the molecule is Cc1ccc(C2(C)NC(=O)N(CC(=O)NCCNC(=O)Cc3ccc(F)cc3)C2=O)cc1. The average Bonchev–Trinajstić information content (AvgIpc) is 2.97. The molecule has 2 aromatic rings. The van der Waals surface area contributed by atoms with Gasteiger partial charge in [0, 0.05) is 13.1 Å². The number of urea groups is 1. The summed E-state index contributed by atoms with van der Waals surface area (Å²) in [5.41, 5.74) is 1.09. The van der Waals surface area contributed by atoms with Crippen molar-refractivity contribution in [2.75, 3.05) is 19.6 Å². The van der Waals surface area contributed by atoms with Gasteiger partial charge in [0.25, 0.3) is 5.91 Å². The van der Waals surface area contributed by atoms with Crippen molar-refractivity contribution in [2.24, 2.45) is 0 Å². The Kier molecular flexibility index (Phi) is 6.87. The van der Waals surface area contributed by atoms with Crippen molar-refractivity contribution >= 4 is 23.8 Å². The van der Waals surface area contributed by atoms with Gasteiger partial charge in [0.1, 0.15) is 17.9 Å². The molecule has 0 saturated carbocycles. The molecular formula is C23H25FN4O4. The Bertz CT molecular complexity index is 1020. The molecule has 0 aliphatic carbocycles. The third-order valence-electron chi connectivity index (χ3n) is 5.25. The fraction of sp³-hybridized carbons (Fsp3) is 0.304. The van der Waals surface area contributed by atoms with Gasteiger partial charge in [-0.05, 0) is 37.1 Å². The van der Waals surface area contributed by atoms with Crippen LogP contribution in [0.2, 0.25) is 0 Å². The van der Waals surface area contributed by atoms with Gasteiger partial charge < -0.3 is 16.0 Å². The Labute approximate surface area is 185 Å². The molecule has 0 spiro atoms. The Hall–Kier alpha value is -3.75. The molecule has 9 heteroatoms. The minimum atomic E-state index is -1.24. The first-order valence-corrected chi connectivity index (χ1v) is 10.2. The van der Waals surface area contributed by atoms with Gasteiger partial charge in [-0.3, -0.25) is 19.3 Å². The Morgan fingerprint density at radius 2 is 1.56 bits per heavy atom. The zero-order chi connectivity index (χ0) is 23.3. The van der Waals surface area contributed by atoms with Gasteiger partial charge in [-0.2, -0.15) is 0 Å². The van der Waals surface area contributed by atoms with E-state index in [1.807, 2.05) is 19.1 Å². The van der Waals surface area contributed by atoms with Crippen LogP contribution in [0.15, 0.2) is 48.5 Å². The molecule has 8 nitrogen and oxygen atoms in total. The molecule has 1 atom stereocenters. The summed E-state index contributed by atoms with van der Waals surface area (Å²) in [4.78, 5) is 50.2. The van der Waals surface area contributed by atoms with Crippen LogP contribution in [0.5, 0.6) is 0 Å². The monoisotopic (exact) mass is 440 g/mol. The summed E-state index contributed by atoms with van der Waals surface area (Å²) in [7, 11) is 0. The number of hydrogen-bond donors (Lipinski definition) is 3. The van der Waals surface area contributed by atoms with Crippen molar-refractivity contribution in [3.05, 3.63) is 71.0 Å². The minimum absolute atomic E-state index is 0.0915. The van der Waals surface area contributed by atoms with Crippen LogP contribution in [0.1, 0.15) is 23.6 Å². The Morgan fingerprint density at radius 3 is 2.19 bits per heavy atom. The summed E-state index contributed by atoms with van der Waals surface area (Å²) >= 11 is 0. The number of nitrogens with zero attached hydrogens (tertiary/aromatic N) is 1. The summed E-state index contributed by atoms with van der Waals surface area (Å²) in [5.74, 6) is -1.67. The second-order valence-corrected chi connectivity index (χ2v) is 7.82. The highest BCUT2D eigenvalue weighted by molar-refractivity contribution is 6.09. The van der Waals surface area contributed by atoms with Crippen molar-refractivity contribution in [2.45, 2.75) is 25.8 Å². The Balaban J connectivity index is 1.45. The molecule has 5 amide bonds. The molecule has 0 radical (unpaired) electrons. The standard InChI is InChI=1S/C23H25FN4O4/c1-15-3-7-17(8-4-15)23(2)21(31)28(22(32)27-23)14-20(30)26-12-11-25-19(29)13-16-5-9-18(24)10-6-16/h3-10H,11-14H2,1-2H3,(H,25,29)(H,26,30)(H,27,32). The van der Waals surface area contributed by atoms with E-state index in [1.165, 1.54) is 24.3 Å². The Morgan fingerprint density at radius 1 is 0.969 bits per heavy atom. The second-order valence-electron chi connectivity index (χ2n) is 7.82. The number of halogens is 1. The molecule has 3 N–H and O–H groups in total. The van der Waals surface area contributed by atoms with Gasteiger partial charge >= 0.3 is 6.03 Å². The number of aryl methyl sites for hydroxylation is 1. The maximum absolute atomic E-state index is 12.9. The molecule has 1 unspecified atom stereocenters. The molecule has 0 aromatic heterocycles. The van der Waals surface area contributed by atoms with Crippen LogP contribution >= 0.6 is 0 Å². The fourth-order valence-corrected chi connectivity index (χ4v) is 3.38. The highest BCUT2D eigenvalue weighted by atomic mass is 19.1. The van der Waals surface area contributed by atoms with Gasteiger partial charge in [-0.1, -0.05) is 42.0 Å². The van der Waals surface area contributed by atoms with Crippen LogP contribution in [-0.2, 0) is 26.3 Å². The smallest absolute Gasteiger partial charge is 0.325 e. The third kappa shape index (κ3) is 5.29. The van der Waals surface area contributed by atoms with E-state index < -0.39 is 29.9 Å². The van der Waals surface area contributed by atoms with E-state index in [0.717, 1.165) is 10.5 Å². The van der Waals surface area contributed by atoms with Crippen LogP contribution < -0.4 is 16.0 Å². The summed E-state index contributed by atoms with van der Waals surface area (Å²) < 4.78 is 12.9. The quantitative estimate of drug-likeness (QED) is 0.426. The predicted octanol–water partition coefficient (Wildman–Crippen LogP) is 1.38. The summed E-state index contributed by atoms with van der Waals surface area (Å²) in [6.45, 7) is 3.41. The largest absolute Gasteiger partial charge is 0.354 e. The topological polar surface area (TPSA) is 108 Å². The van der Waals surface area contributed by atoms with Crippen molar-refractivity contribution in [1.29, 1.82) is 0 Å². The average molecular weight is 440 g/mol. The molecule has 3 rings (SSSR count). The van der Waals surface area contributed by atoms with E-state index in [9.17, 15) is 23.6 Å².